The lowest BCUT2D eigenvalue weighted by molar-refractivity contribution is 0.0593. The molecule has 132 valence electrons. The van der Waals surface area contributed by atoms with Gasteiger partial charge in [0.15, 0.2) is 23.1 Å². The maximum absolute atomic E-state index is 14.7. The van der Waals surface area contributed by atoms with E-state index in [1.165, 1.54) is 38.1 Å². The standard InChI is InChI=1S/C17H16ClFN2O3S/c1-5-6-10-13(17(22)24-3)20-15(21-16(10)25-4)9-7-8-11(18)14(23-2)12(9)19/h5-8H,1-4H3. The number of hydrogen-bond donors (Lipinski definition) is 0. The fourth-order valence-corrected chi connectivity index (χ4v) is 2.97. The van der Waals surface area contributed by atoms with Gasteiger partial charge in [-0.25, -0.2) is 19.2 Å². The minimum absolute atomic E-state index is 0.0467. The van der Waals surface area contributed by atoms with Gasteiger partial charge in [0.2, 0.25) is 0 Å². The minimum atomic E-state index is -0.698. The first-order chi connectivity index (χ1) is 12.0. The molecule has 0 spiro atoms. The summed E-state index contributed by atoms with van der Waals surface area (Å²) in [6.07, 6.45) is 5.27. The van der Waals surface area contributed by atoms with E-state index in [0.29, 0.717) is 10.6 Å². The molecule has 2 aromatic rings. The number of rotatable bonds is 5. The molecule has 0 aliphatic carbocycles. The van der Waals surface area contributed by atoms with Gasteiger partial charge in [-0.15, -0.1) is 11.8 Å². The van der Waals surface area contributed by atoms with Crippen molar-refractivity contribution < 1.29 is 18.7 Å². The number of nitrogens with zero attached hydrogens (tertiary/aromatic N) is 2. The van der Waals surface area contributed by atoms with Crippen LogP contribution in [0.3, 0.4) is 0 Å². The largest absolute Gasteiger partial charge is 0.492 e. The van der Waals surface area contributed by atoms with E-state index in [0.717, 1.165) is 0 Å². The van der Waals surface area contributed by atoms with Gasteiger partial charge in [-0.1, -0.05) is 23.8 Å². The summed E-state index contributed by atoms with van der Waals surface area (Å²) in [5, 5.41) is 0.657. The lowest BCUT2D eigenvalue weighted by Gasteiger charge is -2.12. The summed E-state index contributed by atoms with van der Waals surface area (Å²) in [4.78, 5) is 20.7. The molecule has 0 saturated carbocycles. The van der Waals surface area contributed by atoms with Crippen LogP contribution >= 0.6 is 23.4 Å². The number of aromatic nitrogens is 2. The number of halogens is 2. The van der Waals surface area contributed by atoms with Crippen LogP contribution in [0.15, 0.2) is 23.2 Å². The quantitative estimate of drug-likeness (QED) is 0.431. The second kappa shape index (κ2) is 8.31. The average Bonchev–Trinajstić information content (AvgIpc) is 2.62. The molecule has 8 heteroatoms. The number of carbonyl (C=O) groups is 1. The van der Waals surface area contributed by atoms with Gasteiger partial charge in [-0.2, -0.15) is 0 Å². The van der Waals surface area contributed by atoms with E-state index in [-0.39, 0.29) is 27.9 Å². The van der Waals surface area contributed by atoms with Crippen LogP contribution in [-0.2, 0) is 4.74 Å². The Kier molecular flexibility index (Phi) is 6.39. The van der Waals surface area contributed by atoms with E-state index >= 15 is 0 Å². The molecule has 0 amide bonds. The smallest absolute Gasteiger partial charge is 0.357 e. The highest BCUT2D eigenvalue weighted by Gasteiger charge is 2.22. The summed E-state index contributed by atoms with van der Waals surface area (Å²) in [6, 6.07) is 2.93. The predicted molar refractivity (Wildman–Crippen MR) is 96.8 cm³/mol. The number of carbonyl (C=O) groups excluding carboxylic acids is 1. The molecule has 5 nitrogen and oxygen atoms in total. The second-order valence-corrected chi connectivity index (χ2v) is 5.95. The number of benzene rings is 1. The maximum Gasteiger partial charge on any atom is 0.357 e. The van der Waals surface area contributed by atoms with Crippen LogP contribution in [0.25, 0.3) is 17.5 Å². The highest BCUT2D eigenvalue weighted by Crippen LogP contribution is 2.35. The molecule has 1 aromatic carbocycles. The highest BCUT2D eigenvalue weighted by molar-refractivity contribution is 7.98. The third-order valence-electron chi connectivity index (χ3n) is 3.31. The Hall–Kier alpha value is -2.12. The fourth-order valence-electron chi connectivity index (χ4n) is 2.19. The topological polar surface area (TPSA) is 61.3 Å². The Morgan fingerprint density at radius 3 is 2.60 bits per heavy atom. The van der Waals surface area contributed by atoms with Crippen LogP contribution in [0.5, 0.6) is 5.75 Å². The molecule has 0 radical (unpaired) electrons. The van der Waals surface area contributed by atoms with E-state index in [2.05, 4.69) is 9.97 Å². The first kappa shape index (κ1) is 19.2. The van der Waals surface area contributed by atoms with Gasteiger partial charge in [0, 0.05) is 5.56 Å². The Balaban J connectivity index is 2.78. The van der Waals surface area contributed by atoms with Crippen molar-refractivity contribution in [2.45, 2.75) is 11.9 Å². The summed E-state index contributed by atoms with van der Waals surface area (Å²) < 4.78 is 24.5. The van der Waals surface area contributed by atoms with Gasteiger partial charge in [0.1, 0.15) is 5.03 Å². The van der Waals surface area contributed by atoms with Crippen molar-refractivity contribution >= 4 is 35.4 Å². The third kappa shape index (κ3) is 3.77. The molecule has 0 N–H and O–H groups in total. The van der Waals surface area contributed by atoms with Gasteiger partial charge in [-0.3, -0.25) is 0 Å². The van der Waals surface area contributed by atoms with E-state index in [1.807, 2.05) is 6.92 Å². The predicted octanol–water partition coefficient (Wildman–Crippen LogP) is 4.49. The molecule has 0 saturated heterocycles. The summed E-state index contributed by atoms with van der Waals surface area (Å²) in [5.41, 5.74) is 0.656. The molecule has 1 aromatic heterocycles. The van der Waals surface area contributed by atoms with Gasteiger partial charge in [0.05, 0.1) is 24.8 Å². The van der Waals surface area contributed by atoms with Crippen molar-refractivity contribution in [2.75, 3.05) is 20.5 Å². The van der Waals surface area contributed by atoms with Gasteiger partial charge in [-0.05, 0) is 25.3 Å². The molecular weight excluding hydrogens is 367 g/mol. The van der Waals surface area contributed by atoms with Crippen LogP contribution in [0.2, 0.25) is 5.02 Å². The van der Waals surface area contributed by atoms with Crippen molar-refractivity contribution in [1.29, 1.82) is 0 Å². The summed E-state index contributed by atoms with van der Waals surface area (Å²) in [6.45, 7) is 1.81. The Morgan fingerprint density at radius 2 is 2.04 bits per heavy atom. The van der Waals surface area contributed by atoms with Gasteiger partial charge in [0.25, 0.3) is 0 Å². The van der Waals surface area contributed by atoms with Crippen LogP contribution in [0.1, 0.15) is 23.0 Å². The molecule has 0 unspecified atom stereocenters. The van der Waals surface area contributed by atoms with Crippen LogP contribution in [0.4, 0.5) is 4.39 Å². The normalized spacial score (nSPS) is 11.0. The third-order valence-corrected chi connectivity index (χ3v) is 4.31. The summed E-state index contributed by atoms with van der Waals surface area (Å²) >= 11 is 7.24. The van der Waals surface area contributed by atoms with E-state index in [1.54, 1.807) is 18.4 Å². The van der Waals surface area contributed by atoms with Crippen molar-refractivity contribution in [3.63, 3.8) is 0 Å². The summed E-state index contributed by atoms with van der Waals surface area (Å²) in [7, 11) is 2.57. The second-order valence-electron chi connectivity index (χ2n) is 4.75. The Labute approximate surface area is 154 Å². The van der Waals surface area contributed by atoms with Gasteiger partial charge < -0.3 is 9.47 Å². The van der Waals surface area contributed by atoms with E-state index in [9.17, 15) is 9.18 Å². The van der Waals surface area contributed by atoms with Crippen LogP contribution in [0, 0.1) is 5.82 Å². The van der Waals surface area contributed by atoms with Crippen LogP contribution in [-0.4, -0.2) is 36.4 Å². The molecule has 1 heterocycles. The molecule has 0 fully saturated rings. The Bertz CT molecular complexity index is 843. The molecule has 0 bridgehead atoms. The lowest BCUT2D eigenvalue weighted by atomic mass is 10.1. The number of ether oxygens (including phenoxy) is 2. The average molecular weight is 383 g/mol. The van der Waals surface area contributed by atoms with E-state index < -0.39 is 11.8 Å². The van der Waals surface area contributed by atoms with Crippen molar-refractivity contribution in [1.82, 2.24) is 9.97 Å². The SMILES string of the molecule is CC=Cc1c(SC)nc(-c2ccc(Cl)c(OC)c2F)nc1C(=O)OC. The maximum atomic E-state index is 14.7. The van der Waals surface area contributed by atoms with Crippen molar-refractivity contribution in [3.05, 3.63) is 40.3 Å². The fraction of sp³-hybridized carbons (Fsp3) is 0.235. The molecule has 0 aliphatic heterocycles. The molecule has 25 heavy (non-hydrogen) atoms. The minimum Gasteiger partial charge on any atom is -0.492 e. The number of thioether (sulfide) groups is 1. The number of hydrogen-bond acceptors (Lipinski definition) is 6. The van der Waals surface area contributed by atoms with E-state index in [4.69, 9.17) is 21.1 Å². The Morgan fingerprint density at radius 1 is 1.32 bits per heavy atom. The zero-order chi connectivity index (χ0) is 18.6. The number of allylic oxidation sites excluding steroid dienone is 1. The zero-order valence-corrected chi connectivity index (χ0v) is 15.7. The first-order valence-corrected chi connectivity index (χ1v) is 8.78. The molecule has 0 atom stereocenters. The lowest BCUT2D eigenvalue weighted by Crippen LogP contribution is -2.11. The molecule has 0 aliphatic rings. The van der Waals surface area contributed by atoms with Crippen molar-refractivity contribution in [3.8, 4) is 17.1 Å². The van der Waals surface area contributed by atoms with Crippen molar-refractivity contribution in [2.24, 2.45) is 0 Å². The monoisotopic (exact) mass is 382 g/mol. The first-order valence-electron chi connectivity index (χ1n) is 7.17. The summed E-state index contributed by atoms with van der Waals surface area (Å²) in [5.74, 6) is -1.39. The number of esters is 1. The molecular formula is C17H16ClFN2O3S. The molecule has 2 rings (SSSR count). The highest BCUT2D eigenvalue weighted by atomic mass is 35.5. The van der Waals surface area contributed by atoms with Crippen LogP contribution < -0.4 is 4.74 Å². The van der Waals surface area contributed by atoms with Gasteiger partial charge >= 0.3 is 5.97 Å². The zero-order valence-electron chi connectivity index (χ0n) is 14.1. The number of methoxy groups -OCH3 is 2.